The molecule has 2 fully saturated rings. The number of esters is 2. The van der Waals surface area contributed by atoms with Crippen molar-refractivity contribution in [2.24, 2.45) is 4.99 Å². The maximum absolute atomic E-state index is 12.3. The number of ether oxygens (including phenoxy) is 4. The molecule has 8 atom stereocenters. The number of imidazole rings is 2. The van der Waals surface area contributed by atoms with Gasteiger partial charge in [-0.15, -0.1) is 0 Å². The predicted molar refractivity (Wildman–Crippen MR) is 171 cm³/mol. The van der Waals surface area contributed by atoms with Crippen LogP contribution >= 0.6 is 0 Å². The molecule has 3 aromatic heterocycles. The number of nitrogens with one attached hydrogen (secondary N) is 2. The van der Waals surface area contributed by atoms with Crippen LogP contribution < -0.4 is 10.9 Å². The minimum absolute atomic E-state index is 0.0606. The molecule has 50 heavy (non-hydrogen) atoms. The molecule has 6 rings (SSSR count). The zero-order valence-electron chi connectivity index (χ0n) is 27.0. The van der Waals surface area contributed by atoms with E-state index in [-0.39, 0.29) is 37.2 Å². The molecular weight excluding hydrogens is 660 g/mol. The Morgan fingerprint density at radius 3 is 1.98 bits per heavy atom. The van der Waals surface area contributed by atoms with Crippen LogP contribution in [-0.2, 0) is 28.5 Å². The number of hydrogen-bond donors (Lipinski definition) is 6. The predicted octanol–water partition coefficient (Wildman–Crippen LogP) is -0.304. The van der Waals surface area contributed by atoms with Crippen molar-refractivity contribution in [3.05, 3.63) is 41.6 Å². The number of fused-ring (bicyclic) bond motifs is 2. The maximum atomic E-state index is 12.3. The van der Waals surface area contributed by atoms with Gasteiger partial charge in [0, 0.05) is 12.8 Å². The number of aliphatic hydroxyl groups excluding tert-OH is 4. The third kappa shape index (κ3) is 7.47. The summed E-state index contributed by atoms with van der Waals surface area (Å²) in [5.74, 6) is -0.470. The first-order valence-corrected chi connectivity index (χ1v) is 16.4. The highest BCUT2D eigenvalue weighted by atomic mass is 16.6. The van der Waals surface area contributed by atoms with Gasteiger partial charge in [-0.1, -0.05) is 32.3 Å². The van der Waals surface area contributed by atoms with Crippen LogP contribution in [0.1, 0.15) is 69.5 Å². The molecule has 0 aliphatic carbocycles. The number of aliphatic hydroxyl groups is 4. The van der Waals surface area contributed by atoms with Crippen molar-refractivity contribution in [2.45, 2.75) is 100 Å². The van der Waals surface area contributed by atoms with Crippen LogP contribution in [0, 0.1) is 0 Å². The lowest BCUT2D eigenvalue weighted by Gasteiger charge is -2.19. The van der Waals surface area contributed by atoms with Gasteiger partial charge in [0.25, 0.3) is 5.56 Å². The Hall–Kier alpha value is -4.53. The molecule has 0 amide bonds. The van der Waals surface area contributed by atoms with E-state index in [4.69, 9.17) is 18.9 Å². The minimum atomic E-state index is -1.36. The number of carbonyl (C=O) groups is 2. The van der Waals surface area contributed by atoms with Crippen molar-refractivity contribution in [1.29, 1.82) is 0 Å². The van der Waals surface area contributed by atoms with Crippen LogP contribution in [0.2, 0.25) is 0 Å². The van der Waals surface area contributed by atoms with Gasteiger partial charge in [-0.25, -0.2) is 19.9 Å². The number of aromatic nitrogens is 6. The van der Waals surface area contributed by atoms with Crippen molar-refractivity contribution in [1.82, 2.24) is 34.4 Å². The Morgan fingerprint density at radius 1 is 0.800 bits per heavy atom. The number of hydrogen-bond acceptors (Lipinski definition) is 16. The van der Waals surface area contributed by atoms with E-state index in [1.165, 1.54) is 34.5 Å². The van der Waals surface area contributed by atoms with Gasteiger partial charge in [-0.05, 0) is 12.8 Å². The standard InChI is InChI=1S/C31H40N8O11/c1-16-21-27(33-12-32-16)38(14-36-21)30-25(44)23(42)17(49-30)10-47-19(40)8-6-4-2-3-5-7-9-20(41)48-11-18-24(43)26(45)31(50-18)39-15-37-22-28(39)34-13-35-29(22)46/h12-15,17-18,23-26,30-31,42-45H,1-11H2,(H,32,33)(H,34,35,46)/t17-,18+,23+,24-,25-,26-,30+,31+/m0/s1. The zero-order chi connectivity index (χ0) is 35.4. The molecule has 0 unspecified atom stereocenters. The minimum Gasteiger partial charge on any atom is -0.463 e. The van der Waals surface area contributed by atoms with E-state index in [0.29, 0.717) is 30.1 Å². The highest BCUT2D eigenvalue weighted by Gasteiger charge is 2.46. The lowest BCUT2D eigenvalue weighted by Crippen LogP contribution is -2.34. The molecule has 0 spiro atoms. The number of H-pyrrole nitrogens is 1. The number of aromatic amines is 1. The first-order valence-electron chi connectivity index (χ1n) is 16.4. The van der Waals surface area contributed by atoms with Crippen molar-refractivity contribution < 1.29 is 49.0 Å². The van der Waals surface area contributed by atoms with Crippen LogP contribution in [-0.4, -0.2) is 118 Å². The molecule has 0 aromatic carbocycles. The topological polar surface area (TPSA) is 258 Å². The van der Waals surface area contributed by atoms with E-state index in [9.17, 15) is 34.8 Å². The van der Waals surface area contributed by atoms with Gasteiger partial charge in [0.05, 0.1) is 31.0 Å². The summed E-state index contributed by atoms with van der Waals surface area (Å²) >= 11 is 0. The van der Waals surface area contributed by atoms with Gasteiger partial charge < -0.3 is 49.7 Å². The number of nitrogens with zero attached hydrogens (tertiary/aromatic N) is 6. The molecule has 270 valence electrons. The SMILES string of the molecule is C=C1NC=Nc2c1ncn2[C@@H]1O[C@@H](COC(=O)CCCCCCCCC(=O)OC[C@H]2O[C@@H](n3cnc4c(=O)[nH]cnc43)[C@@H](O)[C@H]2O)[C@@H](O)[C@@H]1O. The molecular formula is C31H40N8O11. The number of unbranched alkanes of at least 4 members (excludes halogenated alkanes) is 5. The Balaban J connectivity index is 0.814. The molecule has 3 aliphatic rings. The van der Waals surface area contributed by atoms with Crippen LogP contribution in [0.4, 0.5) is 5.82 Å². The second kappa shape index (κ2) is 15.6. The lowest BCUT2D eigenvalue weighted by molar-refractivity contribution is -0.151. The fourth-order valence-electron chi connectivity index (χ4n) is 6.10. The molecule has 6 heterocycles. The summed E-state index contributed by atoms with van der Waals surface area (Å²) in [5, 5.41) is 44.9. The molecule has 3 aliphatic heterocycles. The summed E-state index contributed by atoms with van der Waals surface area (Å²) < 4.78 is 25.0. The monoisotopic (exact) mass is 700 g/mol. The number of carbonyl (C=O) groups excluding carboxylic acids is 2. The van der Waals surface area contributed by atoms with Crippen LogP contribution in [0.15, 0.2) is 35.3 Å². The van der Waals surface area contributed by atoms with E-state index in [0.717, 1.165) is 25.7 Å². The second-order valence-electron chi connectivity index (χ2n) is 12.3. The summed E-state index contributed by atoms with van der Waals surface area (Å²) in [4.78, 5) is 55.4. The van der Waals surface area contributed by atoms with E-state index in [1.807, 2.05) is 0 Å². The summed E-state index contributed by atoms with van der Waals surface area (Å²) in [6.45, 7) is 3.38. The summed E-state index contributed by atoms with van der Waals surface area (Å²) in [5.41, 5.74) is 0.828. The molecule has 0 saturated carbocycles. The van der Waals surface area contributed by atoms with E-state index in [1.54, 1.807) is 0 Å². The van der Waals surface area contributed by atoms with Crippen LogP contribution in [0.25, 0.3) is 16.9 Å². The van der Waals surface area contributed by atoms with Crippen molar-refractivity contribution in [3.8, 4) is 0 Å². The van der Waals surface area contributed by atoms with Gasteiger partial charge in [0.2, 0.25) is 0 Å². The van der Waals surface area contributed by atoms with Gasteiger partial charge in [-0.2, -0.15) is 0 Å². The summed E-state index contributed by atoms with van der Waals surface area (Å²) in [7, 11) is 0. The van der Waals surface area contributed by atoms with Gasteiger partial charge in [-0.3, -0.25) is 23.5 Å². The molecule has 2 saturated heterocycles. The summed E-state index contributed by atoms with van der Waals surface area (Å²) in [6.07, 6.45) is 1.01. The van der Waals surface area contributed by atoms with Crippen LogP contribution in [0.3, 0.4) is 0 Å². The third-order valence-electron chi connectivity index (χ3n) is 8.90. The van der Waals surface area contributed by atoms with Crippen molar-refractivity contribution >= 4 is 41.0 Å². The smallest absolute Gasteiger partial charge is 0.305 e. The molecule has 19 nitrogen and oxygen atoms in total. The number of rotatable bonds is 15. The second-order valence-corrected chi connectivity index (χ2v) is 12.3. The largest absolute Gasteiger partial charge is 0.463 e. The molecule has 3 aromatic rings. The van der Waals surface area contributed by atoms with E-state index >= 15 is 0 Å². The lowest BCUT2D eigenvalue weighted by atomic mass is 10.1. The fourth-order valence-corrected chi connectivity index (χ4v) is 6.10. The van der Waals surface area contributed by atoms with Crippen LogP contribution in [0.5, 0.6) is 0 Å². The average molecular weight is 701 g/mol. The normalized spacial score (nSPS) is 27.4. The zero-order valence-corrected chi connectivity index (χ0v) is 27.0. The first-order chi connectivity index (χ1) is 24.1. The quantitative estimate of drug-likeness (QED) is 0.0878. The van der Waals surface area contributed by atoms with Crippen molar-refractivity contribution in [3.63, 3.8) is 0 Å². The first kappa shape index (κ1) is 35.3. The molecule has 0 bridgehead atoms. The maximum Gasteiger partial charge on any atom is 0.305 e. The molecule has 6 N–H and O–H groups in total. The van der Waals surface area contributed by atoms with Gasteiger partial charge in [0.1, 0.15) is 55.5 Å². The highest BCUT2D eigenvalue weighted by molar-refractivity contribution is 5.83. The van der Waals surface area contributed by atoms with Gasteiger partial charge in [0.15, 0.2) is 29.4 Å². The highest BCUT2D eigenvalue weighted by Crippen LogP contribution is 2.36. The Bertz CT molecular complexity index is 1770. The molecule has 19 heteroatoms. The van der Waals surface area contributed by atoms with E-state index < -0.39 is 66.6 Å². The molecule has 0 radical (unpaired) electrons. The van der Waals surface area contributed by atoms with Gasteiger partial charge >= 0.3 is 11.9 Å². The average Bonchev–Trinajstić information content (AvgIpc) is 3.86. The Morgan fingerprint density at radius 2 is 1.36 bits per heavy atom. The fraction of sp³-hybridized carbons (Fsp3) is 0.581. The van der Waals surface area contributed by atoms with E-state index in [2.05, 4.69) is 36.8 Å². The Labute approximate surface area is 284 Å². The summed E-state index contributed by atoms with van der Waals surface area (Å²) in [6, 6.07) is 0. The third-order valence-corrected chi connectivity index (χ3v) is 8.90. The number of aliphatic imine (C=N–C) groups is 1. The van der Waals surface area contributed by atoms with Crippen molar-refractivity contribution in [2.75, 3.05) is 13.2 Å². The Kier molecular flexibility index (Phi) is 11.0.